The summed E-state index contributed by atoms with van der Waals surface area (Å²) in [5.74, 6) is 0.109. The average Bonchev–Trinajstić information content (AvgIpc) is 1.72. The molecule has 0 aromatic carbocycles. The van der Waals surface area contributed by atoms with E-state index in [1.807, 2.05) is 6.92 Å². The predicted octanol–water partition coefficient (Wildman–Crippen LogP) is 2.44. The fraction of sp³-hybridized carbons (Fsp3) is 0.143. The number of rotatable bonds is 1. The first-order valence-corrected chi connectivity index (χ1v) is 2.28. The normalized spacial score (nSPS) is 7.62. The van der Waals surface area contributed by atoms with Crippen LogP contribution in [0.2, 0.25) is 0 Å². The van der Waals surface area contributed by atoms with Crippen molar-refractivity contribution in [3.8, 4) is 0 Å². The van der Waals surface area contributed by atoms with Crippen LogP contribution in [0.5, 0.6) is 0 Å². The maximum Gasteiger partial charge on any atom is 0.108 e. The minimum atomic E-state index is 0.109. The molecule has 1 heteroatoms. The highest BCUT2D eigenvalue weighted by Gasteiger charge is 1.66. The van der Waals surface area contributed by atoms with Crippen molar-refractivity contribution in [3.05, 3.63) is 37.6 Å². The first-order valence-electron chi connectivity index (χ1n) is 2.28. The second-order valence-electron chi connectivity index (χ2n) is 0.991. The van der Waals surface area contributed by atoms with Crippen LogP contribution in [0.3, 0.4) is 0 Å². The van der Waals surface area contributed by atoms with Crippen molar-refractivity contribution in [1.82, 2.24) is 0 Å². The Kier molecular flexibility index (Phi) is 11.8. The Labute approximate surface area is 50.7 Å². The van der Waals surface area contributed by atoms with Gasteiger partial charge in [0.15, 0.2) is 0 Å². The first-order chi connectivity index (χ1) is 3.77. The van der Waals surface area contributed by atoms with Crippen LogP contribution in [0, 0.1) is 0 Å². The summed E-state index contributed by atoms with van der Waals surface area (Å²) in [6.45, 7) is 11.0. The second-order valence-corrected chi connectivity index (χ2v) is 0.991. The van der Waals surface area contributed by atoms with Gasteiger partial charge >= 0.3 is 0 Å². The molecule has 0 rings (SSSR count). The third-order valence-corrected chi connectivity index (χ3v) is 0.359. The zero-order valence-corrected chi connectivity index (χ0v) is 5.22. The highest BCUT2D eigenvalue weighted by Crippen LogP contribution is 1.80. The van der Waals surface area contributed by atoms with Gasteiger partial charge in [-0.25, -0.2) is 0 Å². The number of hydrogen-bond acceptors (Lipinski definition) is 1. The van der Waals surface area contributed by atoms with Gasteiger partial charge < -0.3 is 5.11 Å². The van der Waals surface area contributed by atoms with Crippen molar-refractivity contribution in [2.45, 2.75) is 6.92 Å². The van der Waals surface area contributed by atoms with E-state index in [9.17, 15) is 0 Å². The standard InChI is InChI=1S/C5H8O.C2H4/c1-3-4-5(2)6;1-2/h3-4,6H,2H2,1H3;1-2H2/b4-3-;. The molecule has 0 aromatic heterocycles. The molecule has 0 radical (unpaired) electrons. The van der Waals surface area contributed by atoms with E-state index in [2.05, 4.69) is 19.7 Å². The van der Waals surface area contributed by atoms with Gasteiger partial charge in [-0.15, -0.1) is 13.2 Å². The molecule has 0 aliphatic carbocycles. The zero-order valence-electron chi connectivity index (χ0n) is 5.22. The topological polar surface area (TPSA) is 20.2 Å². The Bertz CT molecular complexity index is 82.4. The van der Waals surface area contributed by atoms with E-state index in [1.54, 1.807) is 6.08 Å². The van der Waals surface area contributed by atoms with Crippen LogP contribution in [0.15, 0.2) is 37.6 Å². The molecule has 0 unspecified atom stereocenters. The Balaban J connectivity index is 0. The molecule has 1 nitrogen and oxygen atoms in total. The summed E-state index contributed by atoms with van der Waals surface area (Å²) < 4.78 is 0. The average molecular weight is 112 g/mol. The lowest BCUT2D eigenvalue weighted by Crippen LogP contribution is -1.62. The molecule has 0 aromatic rings. The van der Waals surface area contributed by atoms with Crippen molar-refractivity contribution in [2.75, 3.05) is 0 Å². The van der Waals surface area contributed by atoms with Gasteiger partial charge in [-0.1, -0.05) is 12.7 Å². The van der Waals surface area contributed by atoms with E-state index in [0.717, 1.165) is 0 Å². The molecule has 0 heterocycles. The minimum absolute atomic E-state index is 0.109. The molecule has 0 fully saturated rings. The van der Waals surface area contributed by atoms with Gasteiger partial charge in [0.1, 0.15) is 5.76 Å². The van der Waals surface area contributed by atoms with Crippen molar-refractivity contribution in [3.63, 3.8) is 0 Å². The van der Waals surface area contributed by atoms with E-state index < -0.39 is 0 Å². The molecule has 8 heavy (non-hydrogen) atoms. The van der Waals surface area contributed by atoms with E-state index in [4.69, 9.17) is 5.11 Å². The summed E-state index contributed by atoms with van der Waals surface area (Å²) in [4.78, 5) is 0. The molecule has 1 N–H and O–H groups in total. The van der Waals surface area contributed by atoms with Crippen LogP contribution in [0.25, 0.3) is 0 Å². The maximum absolute atomic E-state index is 8.27. The monoisotopic (exact) mass is 112 g/mol. The highest BCUT2D eigenvalue weighted by molar-refractivity contribution is 5.03. The molecule has 0 atom stereocenters. The van der Waals surface area contributed by atoms with Crippen molar-refractivity contribution < 1.29 is 5.11 Å². The molecule has 0 saturated heterocycles. The molecule has 0 amide bonds. The number of aliphatic hydroxyl groups excluding tert-OH is 1. The van der Waals surface area contributed by atoms with E-state index in [-0.39, 0.29) is 5.76 Å². The Morgan fingerprint density at radius 1 is 1.50 bits per heavy atom. The number of aliphatic hydroxyl groups is 1. The molecule has 0 spiro atoms. The van der Waals surface area contributed by atoms with Crippen LogP contribution in [-0.2, 0) is 0 Å². The van der Waals surface area contributed by atoms with Crippen LogP contribution in [0.1, 0.15) is 6.92 Å². The summed E-state index contributed by atoms with van der Waals surface area (Å²) in [5, 5.41) is 8.27. The number of hydrogen-bond donors (Lipinski definition) is 1. The summed E-state index contributed by atoms with van der Waals surface area (Å²) in [6.07, 6.45) is 3.25. The summed E-state index contributed by atoms with van der Waals surface area (Å²) >= 11 is 0. The SMILES string of the molecule is C=C.C=C(O)/C=C\C. The molecule has 0 bridgehead atoms. The lowest BCUT2D eigenvalue weighted by atomic mass is 10.5. The van der Waals surface area contributed by atoms with Gasteiger partial charge in [0, 0.05) is 0 Å². The van der Waals surface area contributed by atoms with Gasteiger partial charge in [-0.2, -0.15) is 0 Å². The van der Waals surface area contributed by atoms with E-state index >= 15 is 0 Å². The summed E-state index contributed by atoms with van der Waals surface area (Å²) in [6, 6.07) is 0. The van der Waals surface area contributed by atoms with Crippen LogP contribution >= 0.6 is 0 Å². The molecule has 0 aliphatic heterocycles. The summed E-state index contributed by atoms with van der Waals surface area (Å²) in [7, 11) is 0. The van der Waals surface area contributed by atoms with Crippen molar-refractivity contribution in [1.29, 1.82) is 0 Å². The lowest BCUT2D eigenvalue weighted by molar-refractivity contribution is 0.435. The van der Waals surface area contributed by atoms with Gasteiger partial charge in [-0.3, -0.25) is 0 Å². The highest BCUT2D eigenvalue weighted by atomic mass is 16.3. The molecule has 0 saturated carbocycles. The summed E-state index contributed by atoms with van der Waals surface area (Å²) in [5.41, 5.74) is 0. The molecule has 46 valence electrons. The lowest BCUT2D eigenvalue weighted by Gasteiger charge is -1.76. The van der Waals surface area contributed by atoms with Crippen LogP contribution in [-0.4, -0.2) is 5.11 Å². The fourth-order valence-corrected chi connectivity index (χ4v) is 0.192. The molecule has 0 aliphatic rings. The third kappa shape index (κ3) is 19.9. The smallest absolute Gasteiger partial charge is 0.108 e. The van der Waals surface area contributed by atoms with E-state index in [1.165, 1.54) is 6.08 Å². The fourth-order valence-electron chi connectivity index (χ4n) is 0.192. The Morgan fingerprint density at radius 3 is 1.88 bits per heavy atom. The van der Waals surface area contributed by atoms with Gasteiger partial charge in [-0.05, 0) is 13.0 Å². The van der Waals surface area contributed by atoms with Crippen molar-refractivity contribution >= 4 is 0 Å². The van der Waals surface area contributed by atoms with Crippen molar-refractivity contribution in [2.24, 2.45) is 0 Å². The molecular weight excluding hydrogens is 100 g/mol. The van der Waals surface area contributed by atoms with Gasteiger partial charge in [0.2, 0.25) is 0 Å². The van der Waals surface area contributed by atoms with E-state index in [0.29, 0.717) is 0 Å². The van der Waals surface area contributed by atoms with Gasteiger partial charge in [0.25, 0.3) is 0 Å². The first kappa shape index (κ1) is 10.1. The van der Waals surface area contributed by atoms with Gasteiger partial charge in [0.05, 0.1) is 0 Å². The largest absolute Gasteiger partial charge is 0.509 e. The minimum Gasteiger partial charge on any atom is -0.509 e. The Hall–Kier alpha value is -0.980. The molecular formula is C7H12O. The maximum atomic E-state index is 8.27. The zero-order chi connectivity index (χ0) is 6.99. The number of allylic oxidation sites excluding steroid dienone is 2. The quantitative estimate of drug-likeness (QED) is 0.314. The van der Waals surface area contributed by atoms with Crippen LogP contribution < -0.4 is 0 Å². The Morgan fingerprint density at radius 2 is 1.88 bits per heavy atom. The predicted molar refractivity (Wildman–Crippen MR) is 37.8 cm³/mol. The second kappa shape index (κ2) is 9.39. The van der Waals surface area contributed by atoms with Crippen LogP contribution in [0.4, 0.5) is 0 Å². The third-order valence-electron chi connectivity index (χ3n) is 0.359.